The van der Waals surface area contributed by atoms with Crippen molar-refractivity contribution in [1.29, 1.82) is 0 Å². The minimum absolute atomic E-state index is 0.111. The lowest BCUT2D eigenvalue weighted by Gasteiger charge is -2.35. The van der Waals surface area contributed by atoms with Gasteiger partial charge in [-0.2, -0.15) is 0 Å². The second kappa shape index (κ2) is 12.3. The van der Waals surface area contributed by atoms with Crippen LogP contribution in [0.1, 0.15) is 51.9 Å². The number of hydrogen-bond acceptors (Lipinski definition) is 3. The average Bonchev–Trinajstić information content (AvgIpc) is 3.09. The highest BCUT2D eigenvalue weighted by Gasteiger charge is 2.29. The monoisotopic (exact) mass is 571 g/mol. The van der Waals surface area contributed by atoms with Gasteiger partial charge in [0.2, 0.25) is 0 Å². The Morgan fingerprint density at radius 1 is 0.591 bits per heavy atom. The van der Waals surface area contributed by atoms with Gasteiger partial charge in [0.25, 0.3) is 0 Å². The van der Waals surface area contributed by atoms with Crippen molar-refractivity contribution < 1.29 is 0 Å². The van der Waals surface area contributed by atoms with Crippen LogP contribution in [0.3, 0.4) is 0 Å². The van der Waals surface area contributed by atoms with E-state index in [0.717, 1.165) is 23.4 Å². The van der Waals surface area contributed by atoms with Crippen molar-refractivity contribution in [3.05, 3.63) is 185 Å². The minimum Gasteiger partial charge on any atom is -0.350 e. The average molecular weight is 572 g/mol. The summed E-state index contributed by atoms with van der Waals surface area (Å²) in [6.07, 6.45) is 5.52. The number of allylic oxidation sites excluding steroid dienone is 2. The molecule has 3 heteroatoms. The van der Waals surface area contributed by atoms with Crippen LogP contribution in [0.15, 0.2) is 156 Å². The van der Waals surface area contributed by atoms with E-state index in [9.17, 15) is 0 Å². The number of hydrogen-bond donors (Lipinski definition) is 2. The zero-order valence-electron chi connectivity index (χ0n) is 25.2. The molecular formula is C41H37N3. The van der Waals surface area contributed by atoms with E-state index in [4.69, 9.17) is 4.99 Å². The van der Waals surface area contributed by atoms with Gasteiger partial charge in [-0.3, -0.25) is 5.32 Å². The summed E-state index contributed by atoms with van der Waals surface area (Å²) in [4.78, 5) is 5.13. The highest BCUT2D eigenvalue weighted by molar-refractivity contribution is 5.99. The fourth-order valence-corrected chi connectivity index (χ4v) is 6.42. The molecule has 5 aromatic carbocycles. The van der Waals surface area contributed by atoms with Gasteiger partial charge in [-0.25, -0.2) is 4.99 Å². The fourth-order valence-electron chi connectivity index (χ4n) is 6.42. The largest absolute Gasteiger partial charge is 0.350 e. The second-order valence-electron chi connectivity index (χ2n) is 11.9. The number of nitrogens with zero attached hydrogens (tertiary/aromatic N) is 1. The highest BCUT2D eigenvalue weighted by atomic mass is 15.3. The third-order valence-electron chi connectivity index (χ3n) is 8.57. The molecule has 0 amide bonds. The first-order valence-electron chi connectivity index (χ1n) is 15.5. The normalized spacial score (nSPS) is 19.8. The molecule has 7 rings (SSSR count). The second-order valence-corrected chi connectivity index (χ2v) is 11.9. The maximum Gasteiger partial charge on any atom is 0.131 e. The third kappa shape index (κ3) is 6.06. The maximum absolute atomic E-state index is 5.13. The van der Waals surface area contributed by atoms with Crippen molar-refractivity contribution in [1.82, 2.24) is 10.6 Å². The van der Waals surface area contributed by atoms with Gasteiger partial charge in [0.1, 0.15) is 18.2 Å². The Morgan fingerprint density at radius 3 is 1.84 bits per heavy atom. The van der Waals surface area contributed by atoms with Crippen LogP contribution in [0.2, 0.25) is 0 Å². The van der Waals surface area contributed by atoms with E-state index >= 15 is 0 Å². The molecule has 3 unspecified atom stereocenters. The molecule has 3 nitrogen and oxygen atoms in total. The van der Waals surface area contributed by atoms with Crippen molar-refractivity contribution in [3.8, 4) is 11.1 Å². The lowest BCUT2D eigenvalue weighted by Crippen LogP contribution is -2.52. The molecule has 2 N–H and O–H groups in total. The topological polar surface area (TPSA) is 36.4 Å². The van der Waals surface area contributed by atoms with Gasteiger partial charge >= 0.3 is 0 Å². The molecule has 2 aliphatic rings. The number of benzene rings is 5. The molecule has 1 aliphatic carbocycles. The summed E-state index contributed by atoms with van der Waals surface area (Å²) in [6, 6.07) is 47.6. The van der Waals surface area contributed by atoms with Gasteiger partial charge in [0.05, 0.1) is 0 Å². The molecule has 1 heterocycles. The summed E-state index contributed by atoms with van der Waals surface area (Å²) in [5.41, 5.74) is 12.5. The third-order valence-corrected chi connectivity index (χ3v) is 8.57. The first-order valence-corrected chi connectivity index (χ1v) is 15.5. The standard InChI is InChI=1S/C41H37N3/c1-28-22-29(2)24-35(23-28)37-25-36(32-20-18-31(19-21-32)30-12-6-3-7-13-30)26-38(27-37)41-43-39(33-14-8-4-9-15-33)42-40(44-41)34-16-10-5-11-17-34/h3-24,26-27,36,39,41,43H,25H2,1-2H3,(H,42,44). The summed E-state index contributed by atoms with van der Waals surface area (Å²) in [5.74, 6) is 1.15. The molecule has 3 atom stereocenters. The van der Waals surface area contributed by atoms with E-state index < -0.39 is 0 Å². The van der Waals surface area contributed by atoms with Crippen LogP contribution in [0.5, 0.6) is 0 Å². The zero-order chi connectivity index (χ0) is 29.9. The van der Waals surface area contributed by atoms with Gasteiger partial charge in [-0.15, -0.1) is 0 Å². The quantitative estimate of drug-likeness (QED) is 0.213. The number of amidine groups is 1. The van der Waals surface area contributed by atoms with Crippen molar-refractivity contribution in [2.75, 3.05) is 0 Å². The molecule has 0 spiro atoms. The predicted molar refractivity (Wildman–Crippen MR) is 183 cm³/mol. The highest BCUT2D eigenvalue weighted by Crippen LogP contribution is 2.38. The maximum atomic E-state index is 5.13. The molecule has 216 valence electrons. The van der Waals surface area contributed by atoms with Crippen LogP contribution in [-0.4, -0.2) is 12.0 Å². The van der Waals surface area contributed by atoms with Gasteiger partial charge in [-0.1, -0.05) is 157 Å². The first kappa shape index (κ1) is 27.8. The SMILES string of the molecule is Cc1cc(C)cc(C2=CC(C3NC(c4ccccc4)=NC(c4ccccc4)N3)=CC(c3ccc(-c4ccccc4)cc3)C2)c1. The molecule has 44 heavy (non-hydrogen) atoms. The first-order chi connectivity index (χ1) is 21.6. The van der Waals surface area contributed by atoms with Gasteiger partial charge in [-0.05, 0) is 59.2 Å². The van der Waals surface area contributed by atoms with Crippen molar-refractivity contribution >= 4 is 11.4 Å². The predicted octanol–water partition coefficient (Wildman–Crippen LogP) is 9.13. The Balaban J connectivity index is 1.29. The molecule has 1 aliphatic heterocycles. The van der Waals surface area contributed by atoms with Gasteiger partial charge in [0.15, 0.2) is 0 Å². The molecular weight excluding hydrogens is 534 g/mol. The van der Waals surface area contributed by atoms with Gasteiger partial charge in [0, 0.05) is 11.5 Å². The van der Waals surface area contributed by atoms with Crippen molar-refractivity contribution in [2.45, 2.75) is 38.5 Å². The van der Waals surface area contributed by atoms with E-state index in [0.29, 0.717) is 0 Å². The molecule has 0 bridgehead atoms. The lowest BCUT2D eigenvalue weighted by molar-refractivity contribution is 0.440. The smallest absolute Gasteiger partial charge is 0.131 e. The number of nitrogens with one attached hydrogen (secondary N) is 2. The Morgan fingerprint density at radius 2 is 1.18 bits per heavy atom. The molecule has 5 aromatic rings. The molecule has 0 saturated carbocycles. The number of aryl methyl sites for hydroxylation is 2. The van der Waals surface area contributed by atoms with Crippen LogP contribution in [0, 0.1) is 13.8 Å². The van der Waals surface area contributed by atoms with E-state index in [2.05, 4.69) is 164 Å². The Hall–Kier alpha value is -4.99. The van der Waals surface area contributed by atoms with Gasteiger partial charge < -0.3 is 5.32 Å². The summed E-state index contributed by atoms with van der Waals surface area (Å²) >= 11 is 0. The van der Waals surface area contributed by atoms with Crippen LogP contribution in [-0.2, 0) is 0 Å². The summed E-state index contributed by atoms with van der Waals surface area (Å²) in [5, 5.41) is 7.59. The van der Waals surface area contributed by atoms with E-state index in [1.165, 1.54) is 44.5 Å². The molecule has 0 radical (unpaired) electrons. The molecule has 0 saturated heterocycles. The van der Waals surface area contributed by atoms with Crippen LogP contribution in [0.25, 0.3) is 16.7 Å². The lowest BCUT2D eigenvalue weighted by atomic mass is 9.81. The van der Waals surface area contributed by atoms with E-state index in [1.807, 2.05) is 6.07 Å². The minimum atomic E-state index is -0.165. The Kier molecular flexibility index (Phi) is 7.79. The number of aliphatic imine (C=N–C) groups is 1. The number of rotatable bonds is 6. The zero-order valence-corrected chi connectivity index (χ0v) is 25.2. The summed E-state index contributed by atoms with van der Waals surface area (Å²) in [7, 11) is 0. The van der Waals surface area contributed by atoms with Crippen LogP contribution >= 0.6 is 0 Å². The van der Waals surface area contributed by atoms with E-state index in [1.54, 1.807) is 0 Å². The summed E-state index contributed by atoms with van der Waals surface area (Å²) in [6.45, 7) is 4.38. The van der Waals surface area contributed by atoms with Crippen molar-refractivity contribution in [3.63, 3.8) is 0 Å². The van der Waals surface area contributed by atoms with E-state index in [-0.39, 0.29) is 18.2 Å². The van der Waals surface area contributed by atoms with Crippen LogP contribution in [0.4, 0.5) is 0 Å². The van der Waals surface area contributed by atoms with Crippen molar-refractivity contribution in [2.24, 2.45) is 4.99 Å². The Bertz CT molecular complexity index is 1820. The molecule has 0 fully saturated rings. The Labute approximate surface area is 260 Å². The van der Waals surface area contributed by atoms with Crippen LogP contribution < -0.4 is 10.6 Å². The fraction of sp³-hybridized carbons (Fsp3) is 0.146. The molecule has 0 aromatic heterocycles. The summed E-state index contributed by atoms with van der Waals surface area (Å²) < 4.78 is 0.